The Hall–Kier alpha value is -0.820. The first-order valence-corrected chi connectivity index (χ1v) is 6.64. The third kappa shape index (κ3) is 3.25. The van der Waals surface area contributed by atoms with Crippen LogP contribution in [0.1, 0.15) is 27.7 Å². The minimum absolute atomic E-state index is 0.135. The fourth-order valence-corrected chi connectivity index (χ4v) is 2.69. The maximum Gasteiger partial charge on any atom is 0.235 e. The molecule has 0 aromatic heterocycles. The lowest BCUT2D eigenvalue weighted by molar-refractivity contribution is -0.175. The molecular weight excluding hydrogens is 266 g/mol. The largest absolute Gasteiger partial charge is 0.394 e. The van der Waals surface area contributed by atoms with E-state index in [9.17, 15) is 9.90 Å². The molecule has 20 heavy (non-hydrogen) atoms. The van der Waals surface area contributed by atoms with Gasteiger partial charge in [0.25, 0.3) is 0 Å². The quantitative estimate of drug-likeness (QED) is 0.593. The molecule has 2 rings (SSSR count). The summed E-state index contributed by atoms with van der Waals surface area (Å²) in [6.45, 7) is 7.05. The third-order valence-corrected chi connectivity index (χ3v) is 3.28. The number of nitrogens with zero attached hydrogens (tertiary/aromatic N) is 1. The summed E-state index contributed by atoms with van der Waals surface area (Å²) in [6.07, 6.45) is -0.408. The molecule has 2 aliphatic rings. The Morgan fingerprint density at radius 1 is 1.00 bits per heavy atom. The highest BCUT2D eigenvalue weighted by molar-refractivity contribution is 5.33. The maximum atomic E-state index is 10.3. The number of hydrogen-bond donors (Lipinski definition) is 1. The van der Waals surface area contributed by atoms with E-state index >= 15 is 0 Å². The Kier molecular flexibility index (Phi) is 4.30. The van der Waals surface area contributed by atoms with Crippen LogP contribution in [0.15, 0.2) is 4.99 Å². The van der Waals surface area contributed by atoms with Gasteiger partial charge in [-0.05, 0) is 27.7 Å². The molecule has 0 bridgehead atoms. The molecule has 2 aliphatic heterocycles. The third-order valence-electron chi connectivity index (χ3n) is 3.28. The summed E-state index contributed by atoms with van der Waals surface area (Å²) < 4.78 is 23.0. The lowest BCUT2D eigenvalue weighted by Crippen LogP contribution is -2.44. The molecule has 0 aromatic carbocycles. The predicted molar refractivity (Wildman–Crippen MR) is 67.7 cm³/mol. The van der Waals surface area contributed by atoms with E-state index in [-0.39, 0.29) is 13.2 Å². The molecule has 2 fully saturated rings. The topological polar surface area (TPSA) is 86.6 Å². The van der Waals surface area contributed by atoms with Gasteiger partial charge in [0.1, 0.15) is 24.4 Å². The van der Waals surface area contributed by atoms with Gasteiger partial charge in [0, 0.05) is 0 Å². The van der Waals surface area contributed by atoms with Crippen molar-refractivity contribution in [3.63, 3.8) is 0 Å². The van der Waals surface area contributed by atoms with Crippen molar-refractivity contribution in [2.24, 2.45) is 4.99 Å². The summed E-state index contributed by atoms with van der Waals surface area (Å²) in [7, 11) is 0. The molecule has 2 heterocycles. The summed E-state index contributed by atoms with van der Waals surface area (Å²) >= 11 is 0. The van der Waals surface area contributed by atoms with Crippen LogP contribution in [0.25, 0.3) is 0 Å². The summed E-state index contributed by atoms with van der Waals surface area (Å²) in [4.78, 5) is 13.8. The lowest BCUT2D eigenvalue weighted by atomic mass is 10.0. The SMILES string of the molecule is CC1(C)O[C@@H]([C@H]2OC(C)(C)O[C@@H]2CO)[C@H](CN=C=O)O1. The number of aliphatic imine (C=N–C) groups is 1. The molecule has 0 aromatic rings. The van der Waals surface area contributed by atoms with Crippen LogP contribution in [-0.4, -0.2) is 60.3 Å². The van der Waals surface area contributed by atoms with Gasteiger partial charge in [0.15, 0.2) is 11.6 Å². The van der Waals surface area contributed by atoms with Gasteiger partial charge in [0.05, 0.1) is 13.2 Å². The first-order chi connectivity index (χ1) is 9.28. The van der Waals surface area contributed by atoms with Crippen molar-refractivity contribution in [3.8, 4) is 0 Å². The van der Waals surface area contributed by atoms with Gasteiger partial charge in [0.2, 0.25) is 6.08 Å². The summed E-state index contributed by atoms with van der Waals surface area (Å²) in [5.41, 5.74) is 0. The predicted octanol–water partition coefficient (Wildman–Crippen LogP) is 0.355. The molecule has 0 aliphatic carbocycles. The number of aliphatic hydroxyl groups excluding tert-OH is 1. The molecule has 0 spiro atoms. The van der Waals surface area contributed by atoms with Crippen LogP contribution in [0, 0.1) is 0 Å². The lowest BCUT2D eigenvalue weighted by Gasteiger charge is -2.24. The second-order valence-corrected chi connectivity index (χ2v) is 5.89. The van der Waals surface area contributed by atoms with E-state index < -0.39 is 36.0 Å². The molecule has 7 nitrogen and oxygen atoms in total. The Labute approximate surface area is 117 Å². The highest BCUT2D eigenvalue weighted by Gasteiger charge is 2.53. The molecular formula is C13H21NO6. The van der Waals surface area contributed by atoms with Crippen molar-refractivity contribution in [1.29, 1.82) is 0 Å². The second kappa shape index (κ2) is 5.52. The molecule has 0 radical (unpaired) electrons. The van der Waals surface area contributed by atoms with E-state index in [4.69, 9.17) is 18.9 Å². The maximum absolute atomic E-state index is 10.3. The van der Waals surface area contributed by atoms with Gasteiger partial charge < -0.3 is 24.1 Å². The van der Waals surface area contributed by atoms with E-state index in [2.05, 4.69) is 4.99 Å². The standard InChI is InChI=1S/C13H21NO6/c1-12(2)17-8(5-14-7-16)10(19-12)11-9(6-15)18-13(3,4)20-11/h8-11,15H,5-6H2,1-4H3/t8-,9+,10+,11-/m0/s1. The Balaban J connectivity index is 2.17. The number of isocyanates is 1. The van der Waals surface area contributed by atoms with Gasteiger partial charge in [-0.2, -0.15) is 0 Å². The molecule has 114 valence electrons. The Morgan fingerprint density at radius 2 is 1.50 bits per heavy atom. The first-order valence-electron chi connectivity index (χ1n) is 6.64. The zero-order valence-corrected chi connectivity index (χ0v) is 12.2. The zero-order chi connectivity index (χ0) is 15.0. The second-order valence-electron chi connectivity index (χ2n) is 5.89. The van der Waals surface area contributed by atoms with Crippen molar-refractivity contribution >= 4 is 6.08 Å². The first kappa shape index (κ1) is 15.6. The fourth-order valence-electron chi connectivity index (χ4n) is 2.69. The summed E-state index contributed by atoms with van der Waals surface area (Å²) in [6, 6.07) is 0. The highest BCUT2D eigenvalue weighted by atomic mass is 16.8. The van der Waals surface area contributed by atoms with Crippen molar-refractivity contribution in [2.75, 3.05) is 13.2 Å². The van der Waals surface area contributed by atoms with Crippen molar-refractivity contribution in [1.82, 2.24) is 0 Å². The number of ether oxygens (including phenoxy) is 4. The van der Waals surface area contributed by atoms with Crippen LogP contribution in [0.3, 0.4) is 0 Å². The molecule has 0 unspecified atom stereocenters. The van der Waals surface area contributed by atoms with E-state index in [0.717, 1.165) is 0 Å². The van der Waals surface area contributed by atoms with Crippen LogP contribution in [-0.2, 0) is 23.7 Å². The molecule has 4 atom stereocenters. The van der Waals surface area contributed by atoms with Crippen LogP contribution in [0.2, 0.25) is 0 Å². The molecule has 1 N–H and O–H groups in total. The number of carbonyl (C=O) groups excluding carboxylic acids is 1. The van der Waals surface area contributed by atoms with E-state index in [1.54, 1.807) is 27.7 Å². The van der Waals surface area contributed by atoms with Crippen molar-refractivity contribution in [3.05, 3.63) is 0 Å². The van der Waals surface area contributed by atoms with Crippen LogP contribution < -0.4 is 0 Å². The number of hydrogen-bond acceptors (Lipinski definition) is 7. The minimum atomic E-state index is -0.802. The van der Waals surface area contributed by atoms with Gasteiger partial charge in [-0.25, -0.2) is 9.79 Å². The van der Waals surface area contributed by atoms with Gasteiger partial charge in [-0.1, -0.05) is 0 Å². The Bertz CT molecular complexity index is 404. The summed E-state index contributed by atoms with van der Waals surface area (Å²) in [5, 5.41) is 9.43. The van der Waals surface area contributed by atoms with Crippen LogP contribution in [0.4, 0.5) is 0 Å². The number of rotatable bonds is 4. The number of aliphatic hydroxyl groups is 1. The van der Waals surface area contributed by atoms with Crippen LogP contribution in [0.5, 0.6) is 0 Å². The van der Waals surface area contributed by atoms with Gasteiger partial charge >= 0.3 is 0 Å². The fraction of sp³-hybridized carbons (Fsp3) is 0.923. The minimum Gasteiger partial charge on any atom is -0.394 e. The van der Waals surface area contributed by atoms with Crippen LogP contribution >= 0.6 is 0 Å². The monoisotopic (exact) mass is 287 g/mol. The average Bonchev–Trinajstić information content (AvgIpc) is 2.82. The molecule has 2 saturated heterocycles. The van der Waals surface area contributed by atoms with Gasteiger partial charge in [-0.3, -0.25) is 0 Å². The molecule has 0 amide bonds. The van der Waals surface area contributed by atoms with Crippen molar-refractivity contribution < 1.29 is 28.8 Å². The zero-order valence-electron chi connectivity index (χ0n) is 12.2. The normalized spacial score (nSPS) is 38.6. The molecule has 7 heteroatoms. The van der Waals surface area contributed by atoms with E-state index in [0.29, 0.717) is 0 Å². The highest BCUT2D eigenvalue weighted by Crippen LogP contribution is 2.38. The Morgan fingerprint density at radius 3 is 2.00 bits per heavy atom. The van der Waals surface area contributed by atoms with E-state index in [1.165, 1.54) is 6.08 Å². The van der Waals surface area contributed by atoms with E-state index in [1.807, 2.05) is 0 Å². The molecule has 0 saturated carbocycles. The van der Waals surface area contributed by atoms with Crippen molar-refractivity contribution in [2.45, 2.75) is 63.7 Å². The summed E-state index contributed by atoms with van der Waals surface area (Å²) in [5.74, 6) is -1.60. The van der Waals surface area contributed by atoms with Gasteiger partial charge in [-0.15, -0.1) is 0 Å². The smallest absolute Gasteiger partial charge is 0.235 e. The average molecular weight is 287 g/mol.